The molecule has 3 rings (SSSR count). The number of rotatable bonds is 7. The molecular weight excluding hydrogens is 489 g/mol. The van der Waals surface area contributed by atoms with Gasteiger partial charge in [-0.25, -0.2) is 0 Å². The first kappa shape index (κ1) is 24.9. The minimum absolute atomic E-state index is 0. The fourth-order valence-electron chi connectivity index (χ4n) is 4.34. The van der Waals surface area contributed by atoms with Crippen molar-refractivity contribution >= 4 is 35.8 Å². The molecule has 2 fully saturated rings. The van der Waals surface area contributed by atoms with Crippen molar-refractivity contribution in [1.29, 1.82) is 0 Å². The lowest BCUT2D eigenvalue weighted by Gasteiger charge is -2.23. The first-order chi connectivity index (χ1) is 14.1. The summed E-state index contributed by atoms with van der Waals surface area (Å²) in [6, 6.07) is 7.91. The summed E-state index contributed by atoms with van der Waals surface area (Å²) in [5.74, 6) is 1.84. The average molecular weight is 527 g/mol. The first-order valence-electron chi connectivity index (χ1n) is 11.1. The minimum atomic E-state index is 0. The van der Waals surface area contributed by atoms with Crippen LogP contribution < -0.4 is 5.32 Å². The molecule has 2 saturated heterocycles. The summed E-state index contributed by atoms with van der Waals surface area (Å²) in [5.41, 5.74) is 1.90. The summed E-state index contributed by atoms with van der Waals surface area (Å²) in [7, 11) is 3.57. The Morgan fingerprint density at radius 3 is 2.70 bits per heavy atom. The molecule has 30 heavy (non-hydrogen) atoms. The Hall–Kier alpha value is -1.35. The summed E-state index contributed by atoms with van der Waals surface area (Å²) >= 11 is 0. The second-order valence-electron chi connectivity index (χ2n) is 8.49. The van der Waals surface area contributed by atoms with Crippen LogP contribution in [-0.2, 0) is 6.42 Å². The van der Waals surface area contributed by atoms with Crippen LogP contribution in [0, 0.1) is 5.92 Å². The molecule has 1 N–H and O–H groups in total. The van der Waals surface area contributed by atoms with Crippen LogP contribution in [0.3, 0.4) is 0 Å². The molecular formula is C23H38IN5O. The van der Waals surface area contributed by atoms with Crippen LogP contribution in [0.4, 0.5) is 0 Å². The van der Waals surface area contributed by atoms with Crippen molar-refractivity contribution in [2.24, 2.45) is 10.9 Å². The SMILES string of the molecule is CCNC(=NCCc1cccc(C(=O)N(C)C)c1)N1CCC(CN2CCCC2)C1.I. The van der Waals surface area contributed by atoms with Gasteiger partial charge in [0.05, 0.1) is 0 Å². The summed E-state index contributed by atoms with van der Waals surface area (Å²) in [6.07, 6.45) is 4.83. The van der Waals surface area contributed by atoms with Gasteiger partial charge in [0, 0.05) is 52.4 Å². The van der Waals surface area contributed by atoms with Gasteiger partial charge in [-0.1, -0.05) is 12.1 Å². The van der Waals surface area contributed by atoms with Crippen molar-refractivity contribution in [3.05, 3.63) is 35.4 Å². The molecule has 1 amide bonds. The number of carbonyl (C=O) groups is 1. The Morgan fingerprint density at radius 2 is 2.00 bits per heavy atom. The second-order valence-corrected chi connectivity index (χ2v) is 8.49. The zero-order chi connectivity index (χ0) is 20.6. The number of carbonyl (C=O) groups excluding carboxylic acids is 1. The topological polar surface area (TPSA) is 51.2 Å². The van der Waals surface area contributed by atoms with Crippen LogP contribution in [0.2, 0.25) is 0 Å². The fraction of sp³-hybridized carbons (Fsp3) is 0.652. The molecule has 7 heteroatoms. The summed E-state index contributed by atoms with van der Waals surface area (Å²) in [5, 5.41) is 3.47. The third-order valence-electron chi connectivity index (χ3n) is 5.88. The highest BCUT2D eigenvalue weighted by molar-refractivity contribution is 14.0. The number of guanidine groups is 1. The number of halogens is 1. The van der Waals surface area contributed by atoms with E-state index in [0.29, 0.717) is 0 Å². The van der Waals surface area contributed by atoms with Gasteiger partial charge in [-0.2, -0.15) is 0 Å². The summed E-state index contributed by atoms with van der Waals surface area (Å²) in [6.45, 7) is 9.74. The molecule has 1 atom stereocenters. The molecule has 1 aromatic rings. The van der Waals surface area contributed by atoms with E-state index in [1.54, 1.807) is 19.0 Å². The van der Waals surface area contributed by atoms with Gasteiger partial charge in [-0.15, -0.1) is 24.0 Å². The molecule has 2 aliphatic heterocycles. The standard InChI is InChI=1S/C23H37N5O.HI/c1-4-24-23(28-15-11-20(18-28)17-27-13-5-6-14-27)25-12-10-19-8-7-9-21(16-19)22(29)26(2)3;/h7-9,16,20H,4-6,10-15,17-18H2,1-3H3,(H,24,25);1H. The first-order valence-corrected chi connectivity index (χ1v) is 11.1. The monoisotopic (exact) mass is 527 g/mol. The predicted octanol–water partition coefficient (Wildman–Crippen LogP) is 2.93. The van der Waals surface area contributed by atoms with Crippen LogP contribution >= 0.6 is 24.0 Å². The molecule has 0 bridgehead atoms. The number of likely N-dealkylation sites (tertiary alicyclic amines) is 2. The quantitative estimate of drug-likeness (QED) is 0.337. The van der Waals surface area contributed by atoms with Gasteiger partial charge in [0.1, 0.15) is 0 Å². The second kappa shape index (κ2) is 12.5. The number of nitrogens with one attached hydrogen (secondary N) is 1. The third kappa shape index (κ3) is 7.11. The normalized spacial score (nSPS) is 19.6. The lowest BCUT2D eigenvalue weighted by Crippen LogP contribution is -2.41. The van der Waals surface area contributed by atoms with Crippen LogP contribution in [0.5, 0.6) is 0 Å². The van der Waals surface area contributed by atoms with Crippen LogP contribution in [-0.4, -0.2) is 86.5 Å². The largest absolute Gasteiger partial charge is 0.357 e. The fourth-order valence-corrected chi connectivity index (χ4v) is 4.34. The molecule has 2 aliphatic rings. The van der Waals surface area contributed by atoms with E-state index in [0.717, 1.165) is 55.6 Å². The van der Waals surface area contributed by atoms with Crippen LogP contribution in [0.1, 0.15) is 42.1 Å². The van der Waals surface area contributed by atoms with Crippen LogP contribution in [0.15, 0.2) is 29.3 Å². The maximum absolute atomic E-state index is 12.2. The average Bonchev–Trinajstić information content (AvgIpc) is 3.39. The molecule has 0 radical (unpaired) electrons. The minimum Gasteiger partial charge on any atom is -0.357 e. The number of hydrogen-bond donors (Lipinski definition) is 1. The van der Waals surface area contributed by atoms with Crippen LogP contribution in [0.25, 0.3) is 0 Å². The van der Waals surface area contributed by atoms with Gasteiger partial charge in [-0.05, 0) is 69.3 Å². The smallest absolute Gasteiger partial charge is 0.253 e. The molecule has 2 heterocycles. The van der Waals surface area contributed by atoms with Gasteiger partial charge in [0.15, 0.2) is 5.96 Å². The number of nitrogens with zero attached hydrogens (tertiary/aromatic N) is 4. The molecule has 0 aromatic heterocycles. The number of amides is 1. The van der Waals surface area contributed by atoms with Crippen molar-refractivity contribution in [3.63, 3.8) is 0 Å². The lowest BCUT2D eigenvalue weighted by atomic mass is 10.1. The maximum Gasteiger partial charge on any atom is 0.253 e. The van der Waals surface area contributed by atoms with E-state index in [1.807, 2.05) is 18.2 Å². The Labute approximate surface area is 199 Å². The molecule has 6 nitrogen and oxygen atoms in total. The Morgan fingerprint density at radius 1 is 1.23 bits per heavy atom. The molecule has 0 spiro atoms. The van der Waals surface area contributed by atoms with E-state index in [4.69, 9.17) is 4.99 Å². The molecule has 0 aliphatic carbocycles. The lowest BCUT2D eigenvalue weighted by molar-refractivity contribution is 0.0827. The molecule has 1 unspecified atom stereocenters. The van der Waals surface area contributed by atoms with Gasteiger partial charge in [0.25, 0.3) is 5.91 Å². The number of aliphatic imine (C=N–C) groups is 1. The van der Waals surface area contributed by atoms with Gasteiger partial charge in [0.2, 0.25) is 0 Å². The number of hydrogen-bond acceptors (Lipinski definition) is 3. The van der Waals surface area contributed by atoms with E-state index < -0.39 is 0 Å². The van der Waals surface area contributed by atoms with Crippen molar-refractivity contribution in [3.8, 4) is 0 Å². The van der Waals surface area contributed by atoms with Gasteiger partial charge < -0.3 is 20.0 Å². The van der Waals surface area contributed by atoms with Gasteiger partial charge in [-0.3, -0.25) is 9.79 Å². The van der Waals surface area contributed by atoms with Crippen molar-refractivity contribution in [1.82, 2.24) is 20.0 Å². The Balaban J connectivity index is 0.00000320. The highest BCUT2D eigenvalue weighted by Gasteiger charge is 2.27. The molecule has 0 saturated carbocycles. The van der Waals surface area contributed by atoms with Crippen molar-refractivity contribution in [2.75, 3.05) is 59.9 Å². The van der Waals surface area contributed by atoms with E-state index in [2.05, 4.69) is 28.1 Å². The predicted molar refractivity (Wildman–Crippen MR) is 135 cm³/mol. The summed E-state index contributed by atoms with van der Waals surface area (Å²) < 4.78 is 0. The maximum atomic E-state index is 12.2. The van der Waals surface area contributed by atoms with E-state index in [1.165, 1.54) is 38.9 Å². The molecule has 168 valence electrons. The highest BCUT2D eigenvalue weighted by atomic mass is 127. The highest BCUT2D eigenvalue weighted by Crippen LogP contribution is 2.20. The van der Waals surface area contributed by atoms with Crippen molar-refractivity contribution in [2.45, 2.75) is 32.6 Å². The zero-order valence-electron chi connectivity index (χ0n) is 18.8. The molecule has 1 aromatic carbocycles. The Bertz CT molecular complexity index is 703. The van der Waals surface area contributed by atoms with Crippen molar-refractivity contribution < 1.29 is 4.79 Å². The summed E-state index contributed by atoms with van der Waals surface area (Å²) in [4.78, 5) is 23.7. The van der Waals surface area contributed by atoms with E-state index in [-0.39, 0.29) is 29.9 Å². The zero-order valence-corrected chi connectivity index (χ0v) is 21.1. The third-order valence-corrected chi connectivity index (χ3v) is 5.88. The van der Waals surface area contributed by atoms with Gasteiger partial charge >= 0.3 is 0 Å². The Kier molecular flexibility index (Phi) is 10.4. The van der Waals surface area contributed by atoms with E-state index in [9.17, 15) is 4.79 Å². The van der Waals surface area contributed by atoms with E-state index >= 15 is 0 Å². The number of benzene rings is 1.